The summed E-state index contributed by atoms with van der Waals surface area (Å²) in [5.41, 5.74) is -0.439. The minimum atomic E-state index is -1.16. The summed E-state index contributed by atoms with van der Waals surface area (Å²) in [6.07, 6.45) is 0.125. The first-order chi connectivity index (χ1) is 14.3. The number of halogens is 1. The van der Waals surface area contributed by atoms with Gasteiger partial charge in [-0.15, -0.1) is 4.68 Å². The van der Waals surface area contributed by atoms with Gasteiger partial charge in [-0.3, -0.25) is 4.79 Å². The van der Waals surface area contributed by atoms with Gasteiger partial charge in [0, 0.05) is 0 Å². The molecule has 156 valence electrons. The van der Waals surface area contributed by atoms with Gasteiger partial charge in [0.05, 0.1) is 28.7 Å². The van der Waals surface area contributed by atoms with Crippen molar-refractivity contribution in [3.8, 4) is 11.5 Å². The lowest BCUT2D eigenvalue weighted by molar-refractivity contribution is -0.144. The van der Waals surface area contributed by atoms with Crippen molar-refractivity contribution in [3.63, 3.8) is 0 Å². The van der Waals surface area contributed by atoms with Gasteiger partial charge in [0.2, 0.25) is 0 Å². The van der Waals surface area contributed by atoms with Crippen molar-refractivity contribution in [3.05, 3.63) is 67.8 Å². The first kappa shape index (κ1) is 21.1. The lowest BCUT2D eigenvalue weighted by atomic mass is 10.2. The molecule has 0 aliphatic heterocycles. The summed E-state index contributed by atoms with van der Waals surface area (Å²) in [4.78, 5) is 38.4. The molecule has 2 N–H and O–H groups in total. The summed E-state index contributed by atoms with van der Waals surface area (Å²) in [6, 6.07) is 9.57. The van der Waals surface area contributed by atoms with Crippen molar-refractivity contribution in [2.75, 3.05) is 6.61 Å². The number of ether oxygens (including phenoxy) is 2. The van der Waals surface area contributed by atoms with Gasteiger partial charge in [0.15, 0.2) is 17.6 Å². The molecule has 0 saturated heterocycles. The van der Waals surface area contributed by atoms with Crippen LogP contribution in [0.5, 0.6) is 11.5 Å². The normalized spacial score (nSPS) is 12.2. The van der Waals surface area contributed by atoms with Crippen LogP contribution < -0.4 is 20.7 Å². The van der Waals surface area contributed by atoms with Crippen LogP contribution in [0.1, 0.15) is 19.4 Å². The van der Waals surface area contributed by atoms with E-state index in [0.29, 0.717) is 21.1 Å². The summed E-state index contributed by atoms with van der Waals surface area (Å²) < 4.78 is 11.6. The number of fused-ring (bicyclic) bond motifs is 1. The highest BCUT2D eigenvalue weighted by atomic mass is 35.5. The number of benzene rings is 2. The fourth-order valence-electron chi connectivity index (χ4n) is 2.65. The van der Waals surface area contributed by atoms with Gasteiger partial charge in [-0.2, -0.15) is 5.10 Å². The van der Waals surface area contributed by atoms with Crippen LogP contribution in [0, 0.1) is 0 Å². The predicted octanol–water partition coefficient (Wildman–Crippen LogP) is 2.48. The fraction of sp³-hybridized carbons (Fsp3) is 0.200. The third-order valence-electron chi connectivity index (χ3n) is 4.08. The number of rotatable bonds is 7. The number of carboxylic acid groups (broad SMARTS) is 1. The number of aromatic amines is 1. The van der Waals surface area contributed by atoms with E-state index in [9.17, 15) is 14.4 Å². The van der Waals surface area contributed by atoms with Crippen LogP contribution in [0.4, 0.5) is 0 Å². The summed E-state index contributed by atoms with van der Waals surface area (Å²) in [5, 5.41) is 13.4. The molecule has 0 radical (unpaired) electrons. The number of carboxylic acids is 1. The monoisotopic (exact) mass is 431 g/mol. The molecule has 2 aromatic carbocycles. The minimum Gasteiger partial charge on any atom is -0.490 e. The van der Waals surface area contributed by atoms with Gasteiger partial charge in [-0.05, 0) is 43.7 Å². The van der Waals surface area contributed by atoms with E-state index in [4.69, 9.17) is 26.2 Å². The number of nitrogens with zero attached hydrogens (tertiary/aromatic N) is 2. The Hall–Kier alpha value is -3.59. The highest BCUT2D eigenvalue weighted by Gasteiger charge is 2.19. The lowest BCUT2D eigenvalue weighted by Gasteiger charge is -2.16. The van der Waals surface area contributed by atoms with Crippen molar-refractivity contribution in [2.45, 2.75) is 20.0 Å². The fourth-order valence-corrected chi connectivity index (χ4v) is 2.91. The molecule has 1 aromatic heterocycles. The molecule has 1 atom stereocenters. The number of carbonyl (C=O) groups is 1. The number of hydrogen-bond acceptors (Lipinski definition) is 6. The molecule has 0 spiro atoms. The number of H-pyrrole nitrogens is 1. The van der Waals surface area contributed by atoms with Crippen LogP contribution in [0.25, 0.3) is 10.9 Å². The zero-order valence-corrected chi connectivity index (χ0v) is 16.8. The van der Waals surface area contributed by atoms with Crippen LogP contribution in [0.3, 0.4) is 0 Å². The highest BCUT2D eigenvalue weighted by molar-refractivity contribution is 6.32. The smallest absolute Gasteiger partial charge is 0.349 e. The molecule has 0 bridgehead atoms. The molecule has 3 rings (SSSR count). The van der Waals surface area contributed by atoms with Gasteiger partial charge >= 0.3 is 11.7 Å². The van der Waals surface area contributed by atoms with E-state index in [1.165, 1.54) is 25.3 Å². The predicted molar refractivity (Wildman–Crippen MR) is 112 cm³/mol. The Morgan fingerprint density at radius 2 is 2.07 bits per heavy atom. The molecule has 0 amide bonds. The van der Waals surface area contributed by atoms with Gasteiger partial charge in [-0.25, -0.2) is 9.59 Å². The second-order valence-corrected chi connectivity index (χ2v) is 6.61. The van der Waals surface area contributed by atoms with Crippen LogP contribution >= 0.6 is 11.6 Å². The summed E-state index contributed by atoms with van der Waals surface area (Å²) in [7, 11) is 0. The van der Waals surface area contributed by atoms with E-state index in [1.807, 2.05) is 0 Å². The SMILES string of the molecule is CCOc1cc(C=Nn2c(=O)[nH]c3ccccc3c2=O)cc(Cl)c1O[C@@H](C)C(=O)O. The van der Waals surface area contributed by atoms with Gasteiger partial charge in [0.25, 0.3) is 5.56 Å². The summed E-state index contributed by atoms with van der Waals surface area (Å²) in [6.45, 7) is 3.38. The van der Waals surface area contributed by atoms with Crippen LogP contribution in [0.15, 0.2) is 51.1 Å². The number of nitrogens with one attached hydrogen (secondary N) is 1. The lowest BCUT2D eigenvalue weighted by Crippen LogP contribution is -2.32. The Labute approximate surface area is 175 Å². The summed E-state index contributed by atoms with van der Waals surface area (Å²) >= 11 is 6.25. The Kier molecular flexibility index (Phi) is 6.22. The Balaban J connectivity index is 2.02. The van der Waals surface area contributed by atoms with E-state index in [1.54, 1.807) is 31.2 Å². The van der Waals surface area contributed by atoms with Crippen LogP contribution in [-0.4, -0.2) is 39.7 Å². The van der Waals surface area contributed by atoms with Crippen molar-refractivity contribution < 1.29 is 19.4 Å². The van der Waals surface area contributed by atoms with Gasteiger partial charge < -0.3 is 19.6 Å². The molecule has 30 heavy (non-hydrogen) atoms. The first-order valence-electron chi connectivity index (χ1n) is 8.96. The maximum atomic E-state index is 12.5. The largest absolute Gasteiger partial charge is 0.490 e. The molecule has 3 aromatic rings. The van der Waals surface area contributed by atoms with E-state index in [2.05, 4.69) is 10.1 Å². The van der Waals surface area contributed by atoms with Crippen molar-refractivity contribution in [2.24, 2.45) is 5.10 Å². The third kappa shape index (κ3) is 4.36. The standard InChI is InChI=1S/C20H18ClN3O6/c1-3-29-16-9-12(8-14(21)17(16)30-11(2)19(26)27)10-22-24-18(25)13-6-4-5-7-15(13)23-20(24)28/h4-11H,3H2,1-2H3,(H,23,28)(H,26,27)/t11-/m0/s1. The molecule has 0 unspecified atom stereocenters. The van der Waals surface area contributed by atoms with Crippen molar-refractivity contribution in [1.29, 1.82) is 0 Å². The van der Waals surface area contributed by atoms with E-state index >= 15 is 0 Å². The topological polar surface area (TPSA) is 123 Å². The Bertz CT molecular complexity index is 1250. The van der Waals surface area contributed by atoms with E-state index in [-0.39, 0.29) is 23.1 Å². The average molecular weight is 432 g/mol. The molecule has 0 saturated carbocycles. The molecular weight excluding hydrogens is 414 g/mol. The maximum Gasteiger partial charge on any atom is 0.349 e. The molecule has 0 aliphatic rings. The third-order valence-corrected chi connectivity index (χ3v) is 4.36. The molecule has 0 fully saturated rings. The maximum absolute atomic E-state index is 12.5. The molecule has 1 heterocycles. The highest BCUT2D eigenvalue weighted by Crippen LogP contribution is 2.37. The van der Waals surface area contributed by atoms with Gasteiger partial charge in [0.1, 0.15) is 0 Å². The molecule has 10 heteroatoms. The zero-order chi connectivity index (χ0) is 21.8. The van der Waals surface area contributed by atoms with Crippen LogP contribution in [0.2, 0.25) is 5.02 Å². The van der Waals surface area contributed by atoms with E-state index < -0.39 is 23.3 Å². The average Bonchev–Trinajstić information content (AvgIpc) is 2.70. The molecule has 9 nitrogen and oxygen atoms in total. The zero-order valence-electron chi connectivity index (χ0n) is 16.1. The van der Waals surface area contributed by atoms with E-state index in [0.717, 1.165) is 0 Å². The number of aromatic nitrogens is 2. The Morgan fingerprint density at radius 1 is 1.33 bits per heavy atom. The molecular formula is C20H18ClN3O6. The second-order valence-electron chi connectivity index (χ2n) is 6.20. The second kappa shape index (κ2) is 8.83. The minimum absolute atomic E-state index is 0.0753. The number of para-hydroxylation sites is 1. The van der Waals surface area contributed by atoms with Crippen molar-refractivity contribution in [1.82, 2.24) is 9.66 Å². The van der Waals surface area contributed by atoms with Gasteiger partial charge in [-0.1, -0.05) is 23.7 Å². The number of aliphatic carboxylic acids is 1. The molecule has 0 aliphatic carbocycles. The quantitative estimate of drug-likeness (QED) is 0.554. The van der Waals surface area contributed by atoms with Crippen LogP contribution in [-0.2, 0) is 4.79 Å². The first-order valence-corrected chi connectivity index (χ1v) is 9.33. The van der Waals surface area contributed by atoms with Crippen molar-refractivity contribution >= 4 is 34.7 Å². The Morgan fingerprint density at radius 3 is 2.77 bits per heavy atom. The number of hydrogen-bond donors (Lipinski definition) is 2. The summed E-state index contributed by atoms with van der Waals surface area (Å²) in [5.74, 6) is -0.875.